The Labute approximate surface area is 420 Å². The Hall–Kier alpha value is -9.54. The quantitative estimate of drug-likeness (QED) is 0.0251. The number of nitrogens with one attached hydrogen (secondary N) is 3. The Balaban J connectivity index is 0.000000153. The standard InChI is InChI=1S/C23H20F2N10O2.C14H12FN5O2.C9H12FN5O/c1-37-20-5-4-19(35-12-27-30-32-35)16(21(20)25)7-26-23(36)18-11-34(31-29-18)10-15-9-33-8-14(13-2-3-13)6-17(24)22(33)28-15;15-11-3-9(8-1-2-8)4-19-5-10(16-13(11)19)6-20-7-12(14(21)22)17-18-20;1-16-8-3-2-7(15(5-12)14-13)6(4-11)9(8)10/h4-6,8-9,11-13H,2-3,7,10H2,1H3,(H,26,36);3-5,7-8H,1-2,6H2,(H,21,22);2-3,5,12-13H,4,11H2,1H3. The molecule has 11 rings (SSSR count). The molecule has 9 aromatic rings. The first-order chi connectivity index (χ1) is 36.3. The summed E-state index contributed by atoms with van der Waals surface area (Å²) in [6.45, 7) is 0.172. The molecule has 75 heavy (non-hydrogen) atoms. The van der Waals surface area contributed by atoms with Crippen LogP contribution in [0.4, 0.5) is 23.2 Å². The number of imidazole rings is 2. The fraction of sp³-hybridized carbons (Fsp3) is 0.261. The number of carboxylic acids is 1. The van der Waals surface area contributed by atoms with E-state index in [1.54, 1.807) is 33.3 Å². The van der Waals surface area contributed by atoms with Crippen molar-refractivity contribution in [3.63, 3.8) is 0 Å². The number of carbonyl (C=O) groups excluding carboxylic acids is 1. The Morgan fingerprint density at radius 3 is 1.83 bits per heavy atom. The number of amides is 1. The predicted octanol–water partition coefficient (Wildman–Crippen LogP) is 5.39. The maximum atomic E-state index is 15.0. The molecule has 0 spiro atoms. The molecular formula is C46H44F4N20O5. The molecule has 386 valence electrons. The zero-order chi connectivity index (χ0) is 52.9. The van der Waals surface area contributed by atoms with Crippen LogP contribution in [-0.4, -0.2) is 107 Å². The summed E-state index contributed by atoms with van der Waals surface area (Å²) in [6, 6.07) is 9.00. The third-order valence-electron chi connectivity index (χ3n) is 11.9. The van der Waals surface area contributed by atoms with Crippen molar-refractivity contribution in [3.05, 3.63) is 148 Å². The van der Waals surface area contributed by atoms with Crippen molar-refractivity contribution in [3.8, 4) is 17.2 Å². The van der Waals surface area contributed by atoms with E-state index in [9.17, 15) is 27.2 Å². The summed E-state index contributed by atoms with van der Waals surface area (Å²) in [4.78, 5) is 32.1. The van der Waals surface area contributed by atoms with Gasteiger partial charge < -0.3 is 34.4 Å². The van der Waals surface area contributed by atoms with E-state index in [2.05, 4.69) is 56.7 Å². The second-order valence-corrected chi connectivity index (χ2v) is 17.0. The van der Waals surface area contributed by atoms with Crippen LogP contribution >= 0.6 is 0 Å². The van der Waals surface area contributed by atoms with Gasteiger partial charge in [0.15, 0.2) is 57.5 Å². The van der Waals surface area contributed by atoms with E-state index in [1.807, 2.05) is 12.4 Å². The van der Waals surface area contributed by atoms with Crippen LogP contribution in [-0.2, 0) is 26.2 Å². The van der Waals surface area contributed by atoms with Gasteiger partial charge in [-0.15, -0.1) is 15.3 Å². The summed E-state index contributed by atoms with van der Waals surface area (Å²) < 4.78 is 74.6. The van der Waals surface area contributed by atoms with E-state index in [4.69, 9.17) is 31.3 Å². The van der Waals surface area contributed by atoms with Crippen LogP contribution in [0.3, 0.4) is 0 Å². The molecule has 7 heterocycles. The van der Waals surface area contributed by atoms with Crippen molar-refractivity contribution in [2.45, 2.75) is 63.7 Å². The minimum absolute atomic E-state index is 0.0140. The van der Waals surface area contributed by atoms with E-state index >= 15 is 0 Å². The maximum Gasteiger partial charge on any atom is 0.358 e. The van der Waals surface area contributed by atoms with Gasteiger partial charge in [0.2, 0.25) is 0 Å². The number of pyridine rings is 2. The van der Waals surface area contributed by atoms with Crippen molar-refractivity contribution in [1.82, 2.24) is 74.3 Å². The molecule has 2 aromatic carbocycles. The molecule has 0 aliphatic heterocycles. The van der Waals surface area contributed by atoms with E-state index in [1.165, 1.54) is 71.3 Å². The minimum atomic E-state index is -1.14. The molecule has 29 heteroatoms. The number of fused-ring (bicyclic) bond motifs is 2. The van der Waals surface area contributed by atoms with Gasteiger partial charge in [0.25, 0.3) is 5.91 Å². The highest BCUT2D eigenvalue weighted by Gasteiger charge is 2.27. The van der Waals surface area contributed by atoms with E-state index in [0.29, 0.717) is 28.9 Å². The summed E-state index contributed by atoms with van der Waals surface area (Å²) in [7, 11) is 2.70. The third kappa shape index (κ3) is 11.1. The lowest BCUT2D eigenvalue weighted by molar-refractivity contribution is 0.0690. The highest BCUT2D eigenvalue weighted by Crippen LogP contribution is 2.41. The number of tetrazole rings is 1. The lowest BCUT2D eigenvalue weighted by Crippen LogP contribution is -2.25. The number of halogens is 4. The molecule has 7 aromatic heterocycles. The normalized spacial score (nSPS) is 12.9. The number of carboxylic acid groups (broad SMARTS) is 1. The summed E-state index contributed by atoms with van der Waals surface area (Å²) in [5.41, 5.74) is 16.6. The number of nitrogens with zero attached hydrogens (tertiary/aromatic N) is 16. The molecule has 2 saturated carbocycles. The molecule has 1 amide bonds. The van der Waals surface area contributed by atoms with Gasteiger partial charge >= 0.3 is 5.97 Å². The smallest absolute Gasteiger partial charge is 0.358 e. The number of nitrogens with two attached hydrogens (primary N) is 1. The second kappa shape index (κ2) is 21.7. The van der Waals surface area contributed by atoms with Gasteiger partial charge in [0.05, 0.1) is 62.5 Å². The molecule has 2 aliphatic carbocycles. The third-order valence-corrected chi connectivity index (χ3v) is 11.9. The van der Waals surface area contributed by atoms with Gasteiger partial charge in [-0.25, -0.2) is 51.4 Å². The zero-order valence-corrected chi connectivity index (χ0v) is 39.7. The first kappa shape index (κ1) is 50.4. The number of hydrogen-bond acceptors (Lipinski definition) is 17. The molecule has 0 saturated heterocycles. The van der Waals surface area contributed by atoms with Gasteiger partial charge in [-0.2, -0.15) is 5.53 Å². The van der Waals surface area contributed by atoms with Crippen LogP contribution in [0.1, 0.15) is 92.1 Å². The van der Waals surface area contributed by atoms with Gasteiger partial charge in [-0.1, -0.05) is 15.7 Å². The van der Waals surface area contributed by atoms with Gasteiger partial charge in [-0.3, -0.25) is 10.2 Å². The van der Waals surface area contributed by atoms with Crippen LogP contribution in [0.25, 0.3) is 17.0 Å². The number of hydrogen-bond donors (Lipinski definition) is 5. The number of methoxy groups -OCH3 is 2. The highest BCUT2D eigenvalue weighted by atomic mass is 19.1. The lowest BCUT2D eigenvalue weighted by atomic mass is 10.1. The summed E-state index contributed by atoms with van der Waals surface area (Å²) in [5, 5.41) is 48.5. The average Bonchev–Trinajstić information content (AvgIpc) is 4.05. The Morgan fingerprint density at radius 1 is 0.800 bits per heavy atom. The molecule has 0 unspecified atom stereocenters. The molecule has 0 radical (unpaired) electrons. The molecule has 2 fully saturated rings. The number of aromatic carboxylic acids is 1. The number of carbonyl (C=O) groups is 2. The number of ether oxygens (including phenoxy) is 2. The van der Waals surface area contributed by atoms with Crippen LogP contribution in [0.15, 0.2) is 85.1 Å². The molecular weight excluding hydrogens is 989 g/mol. The summed E-state index contributed by atoms with van der Waals surface area (Å²) >= 11 is 0. The largest absolute Gasteiger partial charge is 0.494 e. The van der Waals surface area contributed by atoms with E-state index in [-0.39, 0.29) is 88.8 Å². The summed E-state index contributed by atoms with van der Waals surface area (Å²) in [6.07, 6.45) is 16.5. The lowest BCUT2D eigenvalue weighted by Gasteiger charge is -2.16. The van der Waals surface area contributed by atoms with E-state index < -0.39 is 23.5 Å². The number of benzene rings is 2. The van der Waals surface area contributed by atoms with Gasteiger partial charge in [-0.05, 0) is 95.5 Å². The molecule has 0 atom stereocenters. The van der Waals surface area contributed by atoms with Crippen LogP contribution in [0.5, 0.6) is 11.5 Å². The first-order valence-electron chi connectivity index (χ1n) is 22.8. The summed E-state index contributed by atoms with van der Waals surface area (Å²) in [5.74, 6) is -2.72. The number of rotatable bonds is 17. The fourth-order valence-electron chi connectivity index (χ4n) is 7.94. The van der Waals surface area contributed by atoms with Crippen molar-refractivity contribution in [1.29, 1.82) is 10.9 Å². The minimum Gasteiger partial charge on any atom is -0.494 e. The molecule has 25 nitrogen and oxygen atoms in total. The van der Waals surface area contributed by atoms with Crippen molar-refractivity contribution in [2.75, 3.05) is 19.2 Å². The molecule has 0 bridgehead atoms. The van der Waals surface area contributed by atoms with Crippen molar-refractivity contribution < 1.29 is 41.7 Å². The monoisotopic (exact) mass is 1030 g/mol. The first-order valence-corrected chi connectivity index (χ1v) is 22.8. The van der Waals surface area contributed by atoms with Gasteiger partial charge in [0.1, 0.15) is 12.7 Å². The molecule has 2 aliphatic rings. The average molecular weight is 1030 g/mol. The van der Waals surface area contributed by atoms with Crippen LogP contribution in [0, 0.1) is 34.2 Å². The Bertz CT molecular complexity index is 3560. The van der Waals surface area contributed by atoms with Crippen molar-refractivity contribution >= 4 is 35.2 Å². The topological polar surface area (TPSA) is 314 Å². The Morgan fingerprint density at radius 2 is 1.35 bits per heavy atom. The number of aromatic nitrogens is 14. The molecule has 6 N–H and O–H groups in total. The van der Waals surface area contributed by atoms with Gasteiger partial charge in [0, 0.05) is 49.0 Å². The second-order valence-electron chi connectivity index (χ2n) is 17.0. The Kier molecular flexibility index (Phi) is 14.6. The number of anilines is 1. The zero-order valence-electron chi connectivity index (χ0n) is 39.7. The van der Waals surface area contributed by atoms with E-state index in [0.717, 1.165) is 48.2 Å². The van der Waals surface area contributed by atoms with Crippen LogP contribution in [0.2, 0.25) is 0 Å². The van der Waals surface area contributed by atoms with Crippen molar-refractivity contribution in [2.24, 2.45) is 11.0 Å². The van der Waals surface area contributed by atoms with Crippen LogP contribution < -0.4 is 25.5 Å². The highest BCUT2D eigenvalue weighted by molar-refractivity contribution is 5.91. The maximum absolute atomic E-state index is 15.0. The predicted molar refractivity (Wildman–Crippen MR) is 254 cm³/mol. The SMILES string of the molecule is COc1ccc(-n2cnnn2)c(CNC(=O)c2cn(Cc3cn4cc(C5CC5)cc(F)c4n3)nn2)c1F.COc1ccc(N(C=N)N=N)c(CN)c1F.O=C(O)c1cn(Cc2cn3cc(C4CC4)cc(F)c3n2)nn1. The fourth-order valence-corrected chi connectivity index (χ4v) is 7.94.